The van der Waals surface area contributed by atoms with Gasteiger partial charge in [-0.05, 0) is 30.7 Å². The summed E-state index contributed by atoms with van der Waals surface area (Å²) in [5, 5.41) is 12.7. The zero-order valence-electron chi connectivity index (χ0n) is 15.3. The molecule has 0 saturated heterocycles. The molecule has 0 aliphatic rings. The molecule has 0 bridgehead atoms. The fraction of sp³-hybridized carbons (Fsp3) is 0.200. The molecule has 0 fully saturated rings. The number of thioether (sulfide) groups is 1. The summed E-state index contributed by atoms with van der Waals surface area (Å²) in [6.07, 6.45) is 0. The molecule has 7 nitrogen and oxygen atoms in total. The topological polar surface area (TPSA) is 92.8 Å². The Morgan fingerprint density at radius 1 is 1.18 bits per heavy atom. The Morgan fingerprint density at radius 3 is 2.86 bits per heavy atom. The number of aromatic nitrogens is 4. The minimum absolute atomic E-state index is 0.0736. The van der Waals surface area contributed by atoms with E-state index in [-0.39, 0.29) is 11.7 Å². The van der Waals surface area contributed by atoms with Gasteiger partial charge in [0.15, 0.2) is 5.65 Å². The number of nitrogens with zero attached hydrogens (tertiary/aromatic N) is 3. The second-order valence-electron chi connectivity index (χ2n) is 6.11. The molecule has 2 aromatic heterocycles. The van der Waals surface area contributed by atoms with Crippen molar-refractivity contribution in [1.29, 1.82) is 0 Å². The molecule has 0 unspecified atom stereocenters. The lowest BCUT2D eigenvalue weighted by molar-refractivity contribution is -0.118. The molecule has 0 saturated carbocycles. The van der Waals surface area contributed by atoms with E-state index in [0.717, 1.165) is 22.2 Å². The molecule has 1 amide bonds. The van der Waals surface area contributed by atoms with Gasteiger partial charge >= 0.3 is 0 Å². The quantitative estimate of drug-likeness (QED) is 0.468. The van der Waals surface area contributed by atoms with Gasteiger partial charge in [-0.25, -0.2) is 4.98 Å². The molecular formula is C20H19N5O2S. The van der Waals surface area contributed by atoms with Gasteiger partial charge in [-0.15, -0.1) is 10.2 Å². The van der Waals surface area contributed by atoms with Crippen molar-refractivity contribution < 1.29 is 9.53 Å². The van der Waals surface area contributed by atoms with Crippen LogP contribution in [0, 0.1) is 0 Å². The minimum atomic E-state index is -0.0736. The molecule has 142 valence electrons. The summed E-state index contributed by atoms with van der Waals surface area (Å²) in [4.78, 5) is 19.8. The largest absolute Gasteiger partial charge is 0.494 e. The number of H-pyrrole nitrogens is 1. The van der Waals surface area contributed by atoms with Crippen molar-refractivity contribution in [1.82, 2.24) is 25.5 Å². The highest BCUT2D eigenvalue weighted by Gasteiger charge is 2.12. The molecule has 8 heteroatoms. The van der Waals surface area contributed by atoms with Crippen LogP contribution in [0.4, 0.5) is 0 Å². The maximum Gasteiger partial charge on any atom is 0.230 e. The molecule has 0 aliphatic heterocycles. The lowest BCUT2D eigenvalue weighted by Crippen LogP contribution is -2.24. The predicted octanol–water partition coefficient (Wildman–Crippen LogP) is 3.31. The lowest BCUT2D eigenvalue weighted by Gasteiger charge is -2.04. The van der Waals surface area contributed by atoms with Crippen molar-refractivity contribution in [3.05, 3.63) is 54.1 Å². The van der Waals surface area contributed by atoms with E-state index >= 15 is 0 Å². The first-order valence-electron chi connectivity index (χ1n) is 8.95. The van der Waals surface area contributed by atoms with Crippen LogP contribution < -0.4 is 10.1 Å². The minimum Gasteiger partial charge on any atom is -0.494 e. The first kappa shape index (κ1) is 18.2. The Labute approximate surface area is 165 Å². The van der Waals surface area contributed by atoms with Gasteiger partial charge in [0.1, 0.15) is 11.3 Å². The molecule has 4 rings (SSSR count). The number of nitrogens with one attached hydrogen (secondary N) is 2. The summed E-state index contributed by atoms with van der Waals surface area (Å²) in [6, 6.07) is 15.6. The van der Waals surface area contributed by atoms with Crippen molar-refractivity contribution in [2.45, 2.75) is 18.6 Å². The van der Waals surface area contributed by atoms with E-state index < -0.39 is 0 Å². The molecule has 0 aliphatic carbocycles. The molecule has 28 heavy (non-hydrogen) atoms. The number of carbonyl (C=O) groups is 1. The summed E-state index contributed by atoms with van der Waals surface area (Å²) in [6.45, 7) is 3.05. The highest BCUT2D eigenvalue weighted by atomic mass is 32.2. The predicted molar refractivity (Wildman–Crippen MR) is 109 cm³/mol. The molecule has 2 heterocycles. The Kier molecular flexibility index (Phi) is 5.38. The highest BCUT2D eigenvalue weighted by Crippen LogP contribution is 2.27. The van der Waals surface area contributed by atoms with Crippen LogP contribution in [0.5, 0.6) is 5.75 Å². The van der Waals surface area contributed by atoms with Crippen LogP contribution >= 0.6 is 11.8 Å². The fourth-order valence-corrected chi connectivity index (χ4v) is 3.45. The summed E-state index contributed by atoms with van der Waals surface area (Å²) in [5.41, 5.74) is 3.31. The van der Waals surface area contributed by atoms with Gasteiger partial charge in [0.2, 0.25) is 11.1 Å². The lowest BCUT2D eigenvalue weighted by atomic mass is 10.2. The van der Waals surface area contributed by atoms with Gasteiger partial charge < -0.3 is 15.0 Å². The number of ether oxygens (including phenoxy) is 1. The standard InChI is InChI=1S/C20H19N5O2S/c1-2-27-14-8-9-16-15(10-14)18-19(22-16)23-20(25-24-18)28-12-17(26)21-11-13-6-4-3-5-7-13/h3-10H,2,11-12H2,1H3,(H,21,26)(H,22,23,25). The molecule has 4 aromatic rings. The van der Waals surface area contributed by atoms with Crippen molar-refractivity contribution >= 4 is 39.7 Å². The van der Waals surface area contributed by atoms with Gasteiger partial charge in [-0.1, -0.05) is 42.1 Å². The summed E-state index contributed by atoms with van der Waals surface area (Å²) in [7, 11) is 0. The number of rotatable bonds is 7. The zero-order chi connectivity index (χ0) is 19.3. The van der Waals surface area contributed by atoms with E-state index in [1.165, 1.54) is 11.8 Å². The monoisotopic (exact) mass is 393 g/mol. The van der Waals surface area contributed by atoms with E-state index in [9.17, 15) is 4.79 Å². The summed E-state index contributed by atoms with van der Waals surface area (Å²) >= 11 is 1.26. The van der Waals surface area contributed by atoms with Gasteiger partial charge in [0.05, 0.1) is 12.4 Å². The first-order valence-corrected chi connectivity index (χ1v) is 9.94. The van der Waals surface area contributed by atoms with Crippen molar-refractivity contribution in [3.8, 4) is 5.75 Å². The normalized spacial score (nSPS) is 11.0. The van der Waals surface area contributed by atoms with Crippen LogP contribution in [0.2, 0.25) is 0 Å². The second kappa shape index (κ2) is 8.26. The molecule has 2 aromatic carbocycles. The average Bonchev–Trinajstić information content (AvgIpc) is 3.09. The van der Waals surface area contributed by atoms with Crippen LogP contribution in [0.25, 0.3) is 22.1 Å². The van der Waals surface area contributed by atoms with E-state index in [0.29, 0.717) is 29.5 Å². The van der Waals surface area contributed by atoms with Gasteiger partial charge in [0.25, 0.3) is 0 Å². The second-order valence-corrected chi connectivity index (χ2v) is 7.05. The van der Waals surface area contributed by atoms with Crippen LogP contribution in [0.1, 0.15) is 12.5 Å². The van der Waals surface area contributed by atoms with E-state index in [4.69, 9.17) is 4.74 Å². The van der Waals surface area contributed by atoms with Crippen LogP contribution in [-0.2, 0) is 11.3 Å². The SMILES string of the molecule is CCOc1ccc2[nH]c3nc(SCC(=O)NCc4ccccc4)nnc3c2c1. The third kappa shape index (κ3) is 4.07. The first-order chi connectivity index (χ1) is 13.7. The number of hydrogen-bond acceptors (Lipinski definition) is 6. The summed E-state index contributed by atoms with van der Waals surface area (Å²) < 4.78 is 5.54. The van der Waals surface area contributed by atoms with Crippen LogP contribution in [-0.4, -0.2) is 38.4 Å². The molecule has 0 atom stereocenters. The Balaban J connectivity index is 1.43. The van der Waals surface area contributed by atoms with Crippen LogP contribution in [0.3, 0.4) is 0 Å². The molecule has 2 N–H and O–H groups in total. The van der Waals surface area contributed by atoms with Crippen molar-refractivity contribution in [2.24, 2.45) is 0 Å². The third-order valence-corrected chi connectivity index (χ3v) is 4.98. The van der Waals surface area contributed by atoms with Gasteiger partial charge in [0, 0.05) is 17.4 Å². The van der Waals surface area contributed by atoms with Gasteiger partial charge in [-0.2, -0.15) is 0 Å². The Morgan fingerprint density at radius 2 is 2.04 bits per heavy atom. The Hall–Kier alpha value is -3.13. The summed E-state index contributed by atoms with van der Waals surface area (Å²) in [5.74, 6) is 0.941. The number of hydrogen-bond donors (Lipinski definition) is 2. The number of aromatic amines is 1. The molecule has 0 spiro atoms. The van der Waals surface area contributed by atoms with E-state index in [2.05, 4.69) is 25.5 Å². The Bertz CT molecular complexity index is 1110. The molecule has 0 radical (unpaired) electrons. The average molecular weight is 393 g/mol. The number of benzene rings is 2. The van der Waals surface area contributed by atoms with Gasteiger partial charge in [-0.3, -0.25) is 4.79 Å². The van der Waals surface area contributed by atoms with Crippen molar-refractivity contribution in [3.63, 3.8) is 0 Å². The maximum absolute atomic E-state index is 12.1. The van der Waals surface area contributed by atoms with E-state index in [1.807, 2.05) is 55.5 Å². The van der Waals surface area contributed by atoms with Crippen LogP contribution in [0.15, 0.2) is 53.7 Å². The van der Waals surface area contributed by atoms with Crippen molar-refractivity contribution in [2.75, 3.05) is 12.4 Å². The number of amides is 1. The number of fused-ring (bicyclic) bond motifs is 3. The zero-order valence-corrected chi connectivity index (χ0v) is 16.1. The number of carbonyl (C=O) groups excluding carboxylic acids is 1. The maximum atomic E-state index is 12.1. The molecular weight excluding hydrogens is 374 g/mol. The smallest absolute Gasteiger partial charge is 0.230 e. The fourth-order valence-electron chi connectivity index (χ4n) is 2.83. The van der Waals surface area contributed by atoms with E-state index in [1.54, 1.807) is 0 Å². The third-order valence-electron chi connectivity index (χ3n) is 4.14. The highest BCUT2D eigenvalue weighted by molar-refractivity contribution is 7.99.